The number of hydrogen-bond acceptors (Lipinski definition) is 5. The van der Waals surface area contributed by atoms with Crippen LogP contribution in [0.5, 0.6) is 0 Å². The van der Waals surface area contributed by atoms with Gasteiger partial charge in [-0.25, -0.2) is 0 Å². The first-order valence-electron chi connectivity index (χ1n) is 9.96. The van der Waals surface area contributed by atoms with Crippen LogP contribution in [0.1, 0.15) is 40.5 Å². The van der Waals surface area contributed by atoms with E-state index in [0.717, 1.165) is 32.3 Å². The van der Waals surface area contributed by atoms with Crippen LogP contribution < -0.4 is 0 Å². The number of nitrogens with zero attached hydrogens (tertiary/aromatic N) is 3. The molecule has 2 aliphatic rings. The van der Waals surface area contributed by atoms with E-state index >= 15 is 0 Å². The largest absolute Gasteiger partial charge is 0.377 e. The van der Waals surface area contributed by atoms with Crippen molar-refractivity contribution >= 4 is 0 Å². The number of rotatable bonds is 9. The summed E-state index contributed by atoms with van der Waals surface area (Å²) in [7, 11) is 0. The average molecular weight is 342 g/mol. The highest BCUT2D eigenvalue weighted by atomic mass is 16.5. The Balaban J connectivity index is 1.57. The molecule has 2 aliphatic heterocycles. The van der Waals surface area contributed by atoms with E-state index < -0.39 is 0 Å². The van der Waals surface area contributed by atoms with Gasteiger partial charge in [0.25, 0.3) is 0 Å². The van der Waals surface area contributed by atoms with Crippen LogP contribution in [0.4, 0.5) is 0 Å². The second kappa shape index (κ2) is 10.7. The van der Waals surface area contributed by atoms with Crippen LogP contribution in [0.15, 0.2) is 0 Å². The maximum absolute atomic E-state index is 5.68. The SMILES string of the molecule is CC(C)OCCN1CCC(N2CCN(CCOC(C)C)CC2)CC1. The highest BCUT2D eigenvalue weighted by molar-refractivity contribution is 4.83. The molecule has 0 aromatic carbocycles. The molecular weight excluding hydrogens is 302 g/mol. The van der Waals surface area contributed by atoms with Crippen molar-refractivity contribution in [1.82, 2.24) is 14.7 Å². The summed E-state index contributed by atoms with van der Waals surface area (Å²) in [5.41, 5.74) is 0. The Morgan fingerprint density at radius 2 is 1.17 bits per heavy atom. The third kappa shape index (κ3) is 7.36. The van der Waals surface area contributed by atoms with E-state index in [1.807, 2.05) is 0 Å². The summed E-state index contributed by atoms with van der Waals surface area (Å²) < 4.78 is 11.4. The molecule has 0 N–H and O–H groups in total. The molecule has 2 saturated heterocycles. The van der Waals surface area contributed by atoms with Crippen molar-refractivity contribution in [2.24, 2.45) is 0 Å². The molecule has 24 heavy (non-hydrogen) atoms. The summed E-state index contributed by atoms with van der Waals surface area (Å²) in [5.74, 6) is 0. The van der Waals surface area contributed by atoms with Gasteiger partial charge >= 0.3 is 0 Å². The maximum atomic E-state index is 5.68. The molecule has 2 fully saturated rings. The van der Waals surface area contributed by atoms with Crippen molar-refractivity contribution in [2.75, 3.05) is 65.6 Å². The number of likely N-dealkylation sites (tertiary alicyclic amines) is 1. The van der Waals surface area contributed by atoms with Gasteiger partial charge in [-0.15, -0.1) is 0 Å². The first-order valence-corrected chi connectivity index (χ1v) is 9.96. The minimum atomic E-state index is 0.349. The molecule has 2 heterocycles. The van der Waals surface area contributed by atoms with E-state index in [0.29, 0.717) is 12.2 Å². The fraction of sp³-hybridized carbons (Fsp3) is 1.00. The monoisotopic (exact) mass is 341 g/mol. The summed E-state index contributed by atoms with van der Waals surface area (Å²) >= 11 is 0. The summed E-state index contributed by atoms with van der Waals surface area (Å²) in [4.78, 5) is 7.84. The minimum Gasteiger partial charge on any atom is -0.377 e. The van der Waals surface area contributed by atoms with Crippen LogP contribution in [-0.2, 0) is 9.47 Å². The van der Waals surface area contributed by atoms with E-state index in [1.54, 1.807) is 0 Å². The van der Waals surface area contributed by atoms with E-state index in [1.165, 1.54) is 52.1 Å². The van der Waals surface area contributed by atoms with Crippen LogP contribution in [0, 0.1) is 0 Å². The molecule has 5 heteroatoms. The summed E-state index contributed by atoms with van der Waals surface area (Å²) in [6, 6.07) is 0.793. The lowest BCUT2D eigenvalue weighted by Crippen LogP contribution is -2.53. The lowest BCUT2D eigenvalue weighted by atomic mass is 10.0. The zero-order valence-electron chi connectivity index (χ0n) is 16.4. The quantitative estimate of drug-likeness (QED) is 0.639. The van der Waals surface area contributed by atoms with Crippen molar-refractivity contribution in [3.63, 3.8) is 0 Å². The second-order valence-electron chi connectivity index (χ2n) is 7.79. The van der Waals surface area contributed by atoms with Crippen LogP contribution in [0.3, 0.4) is 0 Å². The van der Waals surface area contributed by atoms with E-state index in [-0.39, 0.29) is 0 Å². The number of piperidine rings is 1. The molecule has 0 unspecified atom stereocenters. The number of ether oxygens (including phenoxy) is 2. The third-order valence-electron chi connectivity index (χ3n) is 5.20. The Labute approximate surface area is 149 Å². The summed E-state index contributed by atoms with van der Waals surface area (Å²) in [5, 5.41) is 0. The second-order valence-corrected chi connectivity index (χ2v) is 7.79. The van der Waals surface area contributed by atoms with Gasteiger partial charge < -0.3 is 14.4 Å². The highest BCUT2D eigenvalue weighted by Gasteiger charge is 2.27. The molecule has 0 aromatic heterocycles. The van der Waals surface area contributed by atoms with Gasteiger partial charge in [0.05, 0.1) is 25.4 Å². The predicted octanol–water partition coefficient (Wildman–Crippen LogP) is 1.92. The molecule has 0 atom stereocenters. The molecule has 2 rings (SSSR count). The fourth-order valence-electron chi connectivity index (χ4n) is 3.70. The van der Waals surface area contributed by atoms with Crippen LogP contribution in [0.2, 0.25) is 0 Å². The van der Waals surface area contributed by atoms with Crippen molar-refractivity contribution in [3.05, 3.63) is 0 Å². The van der Waals surface area contributed by atoms with Crippen molar-refractivity contribution in [1.29, 1.82) is 0 Å². The van der Waals surface area contributed by atoms with E-state index in [9.17, 15) is 0 Å². The van der Waals surface area contributed by atoms with Gasteiger partial charge in [0.1, 0.15) is 0 Å². The normalized spacial score (nSPS) is 22.8. The zero-order valence-corrected chi connectivity index (χ0v) is 16.4. The van der Waals surface area contributed by atoms with E-state index in [2.05, 4.69) is 42.4 Å². The Bertz CT molecular complexity index is 291. The first kappa shape index (κ1) is 20.1. The maximum Gasteiger partial charge on any atom is 0.0596 e. The molecule has 0 saturated carbocycles. The molecule has 0 bridgehead atoms. The van der Waals surface area contributed by atoms with Gasteiger partial charge in [0, 0.05) is 45.3 Å². The molecular formula is C19H39N3O2. The molecule has 0 amide bonds. The smallest absolute Gasteiger partial charge is 0.0596 e. The topological polar surface area (TPSA) is 28.2 Å². The molecule has 142 valence electrons. The van der Waals surface area contributed by atoms with Crippen LogP contribution in [-0.4, -0.2) is 98.5 Å². The molecule has 0 aromatic rings. The first-order chi connectivity index (χ1) is 11.5. The molecule has 0 spiro atoms. The van der Waals surface area contributed by atoms with Crippen molar-refractivity contribution < 1.29 is 9.47 Å². The lowest BCUT2D eigenvalue weighted by Gasteiger charge is -2.42. The van der Waals surface area contributed by atoms with Crippen molar-refractivity contribution in [2.45, 2.75) is 58.8 Å². The zero-order chi connectivity index (χ0) is 17.4. The minimum absolute atomic E-state index is 0.349. The molecule has 0 aliphatic carbocycles. The summed E-state index contributed by atoms with van der Waals surface area (Å²) in [6.45, 7) is 19.7. The van der Waals surface area contributed by atoms with Crippen LogP contribution in [0.25, 0.3) is 0 Å². The standard InChI is InChI=1S/C19H39N3O2/c1-17(2)23-15-13-20-7-5-19(6-8-20)22-11-9-21(10-12-22)14-16-24-18(3)4/h17-19H,5-16H2,1-4H3. The summed E-state index contributed by atoms with van der Waals surface area (Å²) in [6.07, 6.45) is 3.34. The van der Waals surface area contributed by atoms with Crippen molar-refractivity contribution in [3.8, 4) is 0 Å². The van der Waals surface area contributed by atoms with Gasteiger partial charge in [-0.05, 0) is 53.6 Å². The molecule has 5 nitrogen and oxygen atoms in total. The molecule has 0 radical (unpaired) electrons. The van der Waals surface area contributed by atoms with Gasteiger partial charge in [-0.1, -0.05) is 0 Å². The Hall–Kier alpha value is -0.200. The van der Waals surface area contributed by atoms with Gasteiger partial charge in [0.15, 0.2) is 0 Å². The van der Waals surface area contributed by atoms with Gasteiger partial charge in [0.2, 0.25) is 0 Å². The number of hydrogen-bond donors (Lipinski definition) is 0. The van der Waals surface area contributed by atoms with E-state index in [4.69, 9.17) is 9.47 Å². The predicted molar refractivity (Wildman–Crippen MR) is 99.7 cm³/mol. The van der Waals surface area contributed by atoms with Crippen LogP contribution >= 0.6 is 0 Å². The average Bonchev–Trinajstić information content (AvgIpc) is 2.56. The Morgan fingerprint density at radius 1 is 0.708 bits per heavy atom. The third-order valence-corrected chi connectivity index (χ3v) is 5.20. The van der Waals surface area contributed by atoms with Gasteiger partial charge in [-0.3, -0.25) is 9.80 Å². The van der Waals surface area contributed by atoms with Gasteiger partial charge in [-0.2, -0.15) is 0 Å². The fourth-order valence-corrected chi connectivity index (χ4v) is 3.70. The Kier molecular flexibility index (Phi) is 8.98. The highest BCUT2D eigenvalue weighted by Crippen LogP contribution is 2.18. The Morgan fingerprint density at radius 3 is 1.62 bits per heavy atom. The number of piperazine rings is 1. The lowest BCUT2D eigenvalue weighted by molar-refractivity contribution is 0.0200.